The van der Waals surface area contributed by atoms with Gasteiger partial charge in [0.15, 0.2) is 0 Å². The zero-order valence-electron chi connectivity index (χ0n) is 12.6. The topological polar surface area (TPSA) is 47.6 Å². The fraction of sp³-hybridized carbons (Fsp3) is 0.533. The van der Waals surface area contributed by atoms with E-state index < -0.39 is 5.54 Å². The lowest BCUT2D eigenvalue weighted by Crippen LogP contribution is -2.50. The molecule has 0 saturated carbocycles. The van der Waals surface area contributed by atoms with Crippen molar-refractivity contribution >= 4 is 17.7 Å². The predicted molar refractivity (Wildman–Crippen MR) is 82.4 cm³/mol. The number of thioether (sulfide) groups is 1. The van der Waals surface area contributed by atoms with Gasteiger partial charge in [0.05, 0.1) is 14.2 Å². The Morgan fingerprint density at radius 1 is 1.35 bits per heavy atom. The number of benzene rings is 1. The molecule has 1 atom stereocenters. The van der Waals surface area contributed by atoms with Crippen LogP contribution in [0.5, 0.6) is 5.75 Å². The van der Waals surface area contributed by atoms with Crippen molar-refractivity contribution in [2.75, 3.05) is 26.5 Å². The molecule has 1 unspecified atom stereocenters. The number of hydrogen-bond acceptors (Lipinski definition) is 5. The molecule has 0 fully saturated rings. The third kappa shape index (κ3) is 4.42. The smallest absolute Gasteiger partial charge is 0.325 e. The Morgan fingerprint density at radius 3 is 2.65 bits per heavy atom. The molecule has 0 spiro atoms. The third-order valence-corrected chi connectivity index (χ3v) is 4.19. The Bertz CT molecular complexity index is 439. The van der Waals surface area contributed by atoms with Crippen LogP contribution in [0.4, 0.5) is 0 Å². The Balaban J connectivity index is 2.62. The average molecular weight is 297 g/mol. The van der Waals surface area contributed by atoms with Gasteiger partial charge in [0, 0.05) is 10.6 Å². The standard InChI is InChI=1S/C15H23NO3S/c1-5-16-15(2,14(17)19-4)10-11-20-13-9-7-6-8-12(13)18-3/h6-9,16H,5,10-11H2,1-4H3. The van der Waals surface area contributed by atoms with Gasteiger partial charge in [-0.15, -0.1) is 11.8 Å². The van der Waals surface area contributed by atoms with Crippen molar-refractivity contribution in [1.82, 2.24) is 5.32 Å². The zero-order chi connectivity index (χ0) is 15.0. The zero-order valence-corrected chi connectivity index (χ0v) is 13.4. The Kier molecular flexibility index (Phi) is 6.88. The van der Waals surface area contributed by atoms with Crippen LogP contribution in [0.1, 0.15) is 20.3 Å². The van der Waals surface area contributed by atoms with Gasteiger partial charge in [-0.25, -0.2) is 0 Å². The number of likely N-dealkylation sites (N-methyl/N-ethyl adjacent to an activating group) is 1. The minimum Gasteiger partial charge on any atom is -0.496 e. The molecule has 0 amide bonds. The number of esters is 1. The number of ether oxygens (including phenoxy) is 2. The first kappa shape index (κ1) is 16.9. The van der Waals surface area contributed by atoms with Gasteiger partial charge in [-0.05, 0) is 32.0 Å². The fourth-order valence-corrected chi connectivity index (χ4v) is 3.18. The molecular weight excluding hydrogens is 274 g/mol. The van der Waals surface area contributed by atoms with Gasteiger partial charge >= 0.3 is 5.97 Å². The largest absolute Gasteiger partial charge is 0.496 e. The Morgan fingerprint density at radius 2 is 2.05 bits per heavy atom. The van der Waals surface area contributed by atoms with Gasteiger partial charge in [-0.1, -0.05) is 19.1 Å². The molecule has 1 N–H and O–H groups in total. The molecule has 1 aromatic rings. The van der Waals surface area contributed by atoms with Crippen molar-refractivity contribution < 1.29 is 14.3 Å². The summed E-state index contributed by atoms with van der Waals surface area (Å²) in [7, 11) is 3.09. The second-order valence-electron chi connectivity index (χ2n) is 4.60. The van der Waals surface area contributed by atoms with E-state index in [9.17, 15) is 4.79 Å². The van der Waals surface area contributed by atoms with Gasteiger partial charge in [0.25, 0.3) is 0 Å². The monoisotopic (exact) mass is 297 g/mol. The molecule has 5 heteroatoms. The molecule has 0 radical (unpaired) electrons. The van der Waals surface area contributed by atoms with E-state index in [1.165, 1.54) is 7.11 Å². The van der Waals surface area contributed by atoms with E-state index in [0.717, 1.165) is 22.9 Å². The van der Waals surface area contributed by atoms with Gasteiger partial charge < -0.3 is 14.8 Å². The second kappa shape index (κ2) is 8.17. The fourth-order valence-electron chi connectivity index (χ4n) is 1.98. The molecule has 112 valence electrons. The van der Waals surface area contributed by atoms with E-state index in [4.69, 9.17) is 9.47 Å². The van der Waals surface area contributed by atoms with Gasteiger partial charge in [0.1, 0.15) is 11.3 Å². The summed E-state index contributed by atoms with van der Waals surface area (Å²) in [4.78, 5) is 13.0. The summed E-state index contributed by atoms with van der Waals surface area (Å²) in [6.45, 7) is 4.59. The SMILES string of the molecule is CCNC(C)(CCSc1ccccc1OC)C(=O)OC. The average Bonchev–Trinajstić information content (AvgIpc) is 2.47. The molecule has 20 heavy (non-hydrogen) atoms. The normalized spacial score (nSPS) is 13.6. The summed E-state index contributed by atoms with van der Waals surface area (Å²) in [6.07, 6.45) is 0.691. The summed E-state index contributed by atoms with van der Waals surface area (Å²) in [6, 6.07) is 7.88. The quantitative estimate of drug-likeness (QED) is 0.590. The molecule has 1 rings (SSSR count). The lowest BCUT2D eigenvalue weighted by Gasteiger charge is -2.27. The van der Waals surface area contributed by atoms with E-state index in [0.29, 0.717) is 6.42 Å². The van der Waals surface area contributed by atoms with Crippen LogP contribution in [0.2, 0.25) is 0 Å². The van der Waals surface area contributed by atoms with Crippen molar-refractivity contribution in [3.05, 3.63) is 24.3 Å². The van der Waals surface area contributed by atoms with Crippen LogP contribution in [-0.4, -0.2) is 38.0 Å². The van der Waals surface area contributed by atoms with E-state index in [2.05, 4.69) is 5.32 Å². The van der Waals surface area contributed by atoms with Crippen LogP contribution in [-0.2, 0) is 9.53 Å². The Labute approximate surface area is 125 Å². The molecular formula is C15H23NO3S. The molecule has 0 heterocycles. The highest BCUT2D eigenvalue weighted by Crippen LogP contribution is 2.30. The molecule has 0 aromatic heterocycles. The van der Waals surface area contributed by atoms with Crippen molar-refractivity contribution in [1.29, 1.82) is 0 Å². The lowest BCUT2D eigenvalue weighted by atomic mass is 9.99. The highest BCUT2D eigenvalue weighted by Gasteiger charge is 2.32. The maximum Gasteiger partial charge on any atom is 0.325 e. The number of nitrogens with one attached hydrogen (secondary N) is 1. The van der Waals surface area contributed by atoms with Crippen molar-refractivity contribution in [3.8, 4) is 5.75 Å². The first-order chi connectivity index (χ1) is 9.57. The summed E-state index contributed by atoms with van der Waals surface area (Å²) in [5.41, 5.74) is -0.640. The van der Waals surface area contributed by atoms with Gasteiger partial charge in [0.2, 0.25) is 0 Å². The lowest BCUT2D eigenvalue weighted by molar-refractivity contribution is -0.147. The van der Waals surface area contributed by atoms with Crippen LogP contribution in [0.25, 0.3) is 0 Å². The molecule has 0 aliphatic heterocycles. The second-order valence-corrected chi connectivity index (χ2v) is 5.74. The number of hydrogen-bond donors (Lipinski definition) is 1. The first-order valence-electron chi connectivity index (χ1n) is 6.66. The predicted octanol–water partition coefficient (Wildman–Crippen LogP) is 2.72. The third-order valence-electron chi connectivity index (χ3n) is 3.13. The van der Waals surface area contributed by atoms with E-state index >= 15 is 0 Å². The number of rotatable bonds is 8. The molecule has 1 aromatic carbocycles. The highest BCUT2D eigenvalue weighted by atomic mass is 32.2. The minimum atomic E-state index is -0.640. The summed E-state index contributed by atoms with van der Waals surface area (Å²) < 4.78 is 10.2. The molecule has 0 bridgehead atoms. The van der Waals surface area contributed by atoms with Crippen LogP contribution >= 0.6 is 11.8 Å². The van der Waals surface area contributed by atoms with Crippen LogP contribution in [0.15, 0.2) is 29.2 Å². The maximum atomic E-state index is 11.9. The van der Waals surface area contributed by atoms with Gasteiger partial charge in [-0.3, -0.25) is 4.79 Å². The van der Waals surface area contributed by atoms with Crippen molar-refractivity contribution in [2.45, 2.75) is 30.7 Å². The van der Waals surface area contributed by atoms with E-state index in [-0.39, 0.29) is 5.97 Å². The highest BCUT2D eigenvalue weighted by molar-refractivity contribution is 7.99. The summed E-state index contributed by atoms with van der Waals surface area (Å²) >= 11 is 1.68. The molecule has 4 nitrogen and oxygen atoms in total. The summed E-state index contributed by atoms with van der Waals surface area (Å²) in [5.74, 6) is 1.44. The van der Waals surface area contributed by atoms with Crippen LogP contribution in [0, 0.1) is 0 Å². The number of methoxy groups -OCH3 is 2. The van der Waals surface area contributed by atoms with Crippen molar-refractivity contribution in [2.24, 2.45) is 0 Å². The number of carbonyl (C=O) groups excluding carboxylic acids is 1. The Hall–Kier alpha value is -1.20. The van der Waals surface area contributed by atoms with Crippen LogP contribution < -0.4 is 10.1 Å². The van der Waals surface area contributed by atoms with E-state index in [1.807, 2.05) is 38.1 Å². The maximum absolute atomic E-state index is 11.9. The van der Waals surface area contributed by atoms with Gasteiger partial charge in [-0.2, -0.15) is 0 Å². The van der Waals surface area contributed by atoms with Crippen molar-refractivity contribution in [3.63, 3.8) is 0 Å². The molecule has 0 saturated heterocycles. The molecule has 0 aliphatic carbocycles. The first-order valence-corrected chi connectivity index (χ1v) is 7.65. The van der Waals surface area contributed by atoms with E-state index in [1.54, 1.807) is 18.9 Å². The number of para-hydroxylation sites is 1. The minimum absolute atomic E-state index is 0.222. The van der Waals surface area contributed by atoms with Crippen LogP contribution in [0.3, 0.4) is 0 Å². The summed E-state index contributed by atoms with van der Waals surface area (Å²) in [5, 5.41) is 3.21. The molecule has 0 aliphatic rings. The number of carbonyl (C=O) groups is 1.